The Labute approximate surface area is 73.0 Å². The molecule has 1 aliphatic rings. The van der Waals surface area contributed by atoms with Crippen molar-refractivity contribution in [1.82, 2.24) is 0 Å². The second-order valence-corrected chi connectivity index (χ2v) is 4.73. The van der Waals surface area contributed by atoms with E-state index in [2.05, 4.69) is 0 Å². The summed E-state index contributed by atoms with van der Waals surface area (Å²) in [6.07, 6.45) is 2.31. The van der Waals surface area contributed by atoms with Gasteiger partial charge < -0.3 is 4.74 Å². The minimum absolute atomic E-state index is 0.102. The Hall–Kier alpha value is -0.130. The molecular weight excluding hydrogens is 180 g/mol. The standard InChI is InChI=1S/C7H14O4S/c1-6-5-7(3-4-10-6)11-12(2,8)9/h6-7H,3-5H2,1-2H3/t6-,7-/m1/s1. The van der Waals surface area contributed by atoms with Gasteiger partial charge in [-0.05, 0) is 13.3 Å². The van der Waals surface area contributed by atoms with E-state index in [1.165, 1.54) is 0 Å². The van der Waals surface area contributed by atoms with Gasteiger partial charge in [0.15, 0.2) is 0 Å². The molecule has 0 aliphatic carbocycles. The van der Waals surface area contributed by atoms with Crippen molar-refractivity contribution in [2.45, 2.75) is 32.0 Å². The van der Waals surface area contributed by atoms with Crippen molar-refractivity contribution in [2.24, 2.45) is 0 Å². The fourth-order valence-electron chi connectivity index (χ4n) is 1.29. The second kappa shape index (κ2) is 3.72. The van der Waals surface area contributed by atoms with Gasteiger partial charge in [0.1, 0.15) is 0 Å². The smallest absolute Gasteiger partial charge is 0.264 e. The molecule has 1 heterocycles. The molecule has 12 heavy (non-hydrogen) atoms. The number of hydrogen-bond donors (Lipinski definition) is 0. The van der Waals surface area contributed by atoms with Crippen LogP contribution in [0.4, 0.5) is 0 Å². The number of ether oxygens (including phenoxy) is 1. The van der Waals surface area contributed by atoms with Crippen LogP contribution in [0.1, 0.15) is 19.8 Å². The SMILES string of the molecule is C[C@@H]1C[C@H](OS(C)(=O)=O)CCO1. The average Bonchev–Trinajstić information content (AvgIpc) is 1.82. The van der Waals surface area contributed by atoms with Crippen LogP contribution >= 0.6 is 0 Å². The minimum atomic E-state index is -3.30. The summed E-state index contributed by atoms with van der Waals surface area (Å²) in [4.78, 5) is 0. The molecule has 1 saturated heterocycles. The maximum Gasteiger partial charge on any atom is 0.264 e. The lowest BCUT2D eigenvalue weighted by atomic mass is 10.1. The summed E-state index contributed by atoms with van der Waals surface area (Å²) < 4.78 is 31.6. The molecule has 0 saturated carbocycles. The molecule has 0 bridgehead atoms. The molecule has 4 nitrogen and oxygen atoms in total. The van der Waals surface area contributed by atoms with Crippen LogP contribution in [0.5, 0.6) is 0 Å². The fraction of sp³-hybridized carbons (Fsp3) is 1.00. The van der Waals surface area contributed by atoms with Gasteiger partial charge in [0.2, 0.25) is 0 Å². The maximum absolute atomic E-state index is 10.7. The zero-order valence-electron chi connectivity index (χ0n) is 7.32. The first kappa shape index (κ1) is 9.95. The molecule has 1 aliphatic heterocycles. The topological polar surface area (TPSA) is 52.6 Å². The highest BCUT2D eigenvalue weighted by atomic mass is 32.2. The van der Waals surface area contributed by atoms with E-state index in [4.69, 9.17) is 8.92 Å². The van der Waals surface area contributed by atoms with Crippen molar-refractivity contribution >= 4 is 10.1 Å². The molecule has 2 atom stereocenters. The zero-order valence-corrected chi connectivity index (χ0v) is 8.13. The largest absolute Gasteiger partial charge is 0.378 e. The van der Waals surface area contributed by atoms with E-state index in [9.17, 15) is 8.42 Å². The highest BCUT2D eigenvalue weighted by molar-refractivity contribution is 7.86. The van der Waals surface area contributed by atoms with Crippen LogP contribution in [0.25, 0.3) is 0 Å². The summed E-state index contributed by atoms with van der Waals surface area (Å²) in [5.41, 5.74) is 0. The van der Waals surface area contributed by atoms with Crippen LogP contribution in [-0.4, -0.2) is 33.5 Å². The van der Waals surface area contributed by atoms with E-state index in [0.717, 1.165) is 6.26 Å². The Morgan fingerprint density at radius 1 is 1.50 bits per heavy atom. The molecule has 0 amide bonds. The van der Waals surface area contributed by atoms with Crippen LogP contribution < -0.4 is 0 Å². The van der Waals surface area contributed by atoms with E-state index >= 15 is 0 Å². The first-order valence-electron chi connectivity index (χ1n) is 3.97. The van der Waals surface area contributed by atoms with Gasteiger partial charge >= 0.3 is 0 Å². The van der Waals surface area contributed by atoms with Crippen molar-refractivity contribution in [3.63, 3.8) is 0 Å². The predicted octanol–water partition coefficient (Wildman–Crippen LogP) is 0.530. The maximum atomic E-state index is 10.7. The molecule has 0 aromatic carbocycles. The van der Waals surface area contributed by atoms with Crippen LogP contribution in [0.2, 0.25) is 0 Å². The highest BCUT2D eigenvalue weighted by Crippen LogP contribution is 2.17. The molecule has 0 aromatic rings. The lowest BCUT2D eigenvalue weighted by Crippen LogP contribution is -2.30. The fourth-order valence-corrected chi connectivity index (χ4v) is 1.96. The zero-order chi connectivity index (χ0) is 9.19. The molecule has 0 aromatic heterocycles. The molecule has 5 heteroatoms. The van der Waals surface area contributed by atoms with Crippen molar-refractivity contribution in [3.8, 4) is 0 Å². The Bertz CT molecular complexity index is 234. The molecule has 0 unspecified atom stereocenters. The van der Waals surface area contributed by atoms with Gasteiger partial charge in [-0.25, -0.2) is 0 Å². The molecule has 0 radical (unpaired) electrons. The Morgan fingerprint density at radius 2 is 2.17 bits per heavy atom. The van der Waals surface area contributed by atoms with Gasteiger partial charge in [-0.3, -0.25) is 4.18 Å². The third-order valence-corrected chi connectivity index (χ3v) is 2.37. The van der Waals surface area contributed by atoms with E-state index in [1.807, 2.05) is 6.92 Å². The molecular formula is C7H14O4S. The predicted molar refractivity (Wildman–Crippen MR) is 44.4 cm³/mol. The third-order valence-electron chi connectivity index (χ3n) is 1.75. The summed E-state index contributed by atoms with van der Waals surface area (Å²) in [6, 6.07) is 0. The van der Waals surface area contributed by atoms with E-state index in [-0.39, 0.29) is 12.2 Å². The van der Waals surface area contributed by atoms with E-state index < -0.39 is 10.1 Å². The Balaban J connectivity index is 2.43. The molecule has 72 valence electrons. The highest BCUT2D eigenvalue weighted by Gasteiger charge is 2.22. The molecule has 0 spiro atoms. The molecule has 0 N–H and O–H groups in total. The van der Waals surface area contributed by atoms with E-state index in [0.29, 0.717) is 19.4 Å². The van der Waals surface area contributed by atoms with Gasteiger partial charge in [-0.1, -0.05) is 0 Å². The summed E-state index contributed by atoms with van der Waals surface area (Å²) in [7, 11) is -3.30. The van der Waals surface area contributed by atoms with Crippen molar-refractivity contribution < 1.29 is 17.3 Å². The summed E-state index contributed by atoms with van der Waals surface area (Å²) in [6.45, 7) is 2.50. The minimum Gasteiger partial charge on any atom is -0.378 e. The Morgan fingerprint density at radius 3 is 2.67 bits per heavy atom. The van der Waals surface area contributed by atoms with Gasteiger partial charge in [-0.2, -0.15) is 8.42 Å². The molecule has 1 fully saturated rings. The lowest BCUT2D eigenvalue weighted by molar-refractivity contribution is -0.0229. The number of hydrogen-bond acceptors (Lipinski definition) is 4. The van der Waals surface area contributed by atoms with Gasteiger partial charge in [-0.15, -0.1) is 0 Å². The first-order chi connectivity index (χ1) is 5.47. The van der Waals surface area contributed by atoms with E-state index in [1.54, 1.807) is 0 Å². The Kier molecular flexibility index (Phi) is 3.09. The summed E-state index contributed by atoms with van der Waals surface area (Å²) in [5, 5.41) is 0. The van der Waals surface area contributed by atoms with Crippen LogP contribution in [0.3, 0.4) is 0 Å². The van der Waals surface area contributed by atoms with Crippen LogP contribution in [-0.2, 0) is 19.0 Å². The second-order valence-electron chi connectivity index (χ2n) is 3.13. The first-order valence-corrected chi connectivity index (χ1v) is 5.79. The quantitative estimate of drug-likeness (QED) is 0.602. The average molecular weight is 194 g/mol. The normalized spacial score (nSPS) is 31.8. The summed E-state index contributed by atoms with van der Waals surface area (Å²) in [5.74, 6) is 0. The van der Waals surface area contributed by atoms with Crippen molar-refractivity contribution in [3.05, 3.63) is 0 Å². The number of rotatable bonds is 2. The van der Waals surface area contributed by atoms with Crippen LogP contribution in [0.15, 0.2) is 0 Å². The van der Waals surface area contributed by atoms with Crippen molar-refractivity contribution in [1.29, 1.82) is 0 Å². The van der Waals surface area contributed by atoms with Crippen LogP contribution in [0, 0.1) is 0 Å². The third kappa shape index (κ3) is 3.51. The summed E-state index contributed by atoms with van der Waals surface area (Å²) >= 11 is 0. The molecule has 1 rings (SSSR count). The van der Waals surface area contributed by atoms with Gasteiger partial charge in [0.05, 0.1) is 18.5 Å². The van der Waals surface area contributed by atoms with Crippen molar-refractivity contribution in [2.75, 3.05) is 12.9 Å². The lowest BCUT2D eigenvalue weighted by Gasteiger charge is -2.25. The van der Waals surface area contributed by atoms with Gasteiger partial charge in [0.25, 0.3) is 10.1 Å². The monoisotopic (exact) mass is 194 g/mol. The van der Waals surface area contributed by atoms with Gasteiger partial charge in [0, 0.05) is 13.0 Å².